The van der Waals surface area contributed by atoms with Gasteiger partial charge in [-0.15, -0.1) is 11.3 Å². The van der Waals surface area contributed by atoms with Crippen molar-refractivity contribution in [1.82, 2.24) is 4.98 Å². The van der Waals surface area contributed by atoms with E-state index in [1.165, 1.54) is 16.2 Å². The van der Waals surface area contributed by atoms with Crippen molar-refractivity contribution in [3.05, 3.63) is 41.4 Å². The zero-order valence-electron chi connectivity index (χ0n) is 10.3. The zero-order valence-corrected chi connectivity index (χ0v) is 11.1. The molecule has 0 saturated heterocycles. The lowest BCUT2D eigenvalue weighted by Crippen LogP contribution is -2.31. The van der Waals surface area contributed by atoms with Gasteiger partial charge in [0.25, 0.3) is 5.91 Å². The minimum Gasteiger partial charge on any atom is -0.484 e. The van der Waals surface area contributed by atoms with Crippen LogP contribution < -0.4 is 9.64 Å². The monoisotopic (exact) mass is 262 g/mol. The van der Waals surface area contributed by atoms with Crippen LogP contribution in [-0.4, -0.2) is 24.5 Å². The highest BCUT2D eigenvalue weighted by Gasteiger charge is 2.13. The predicted molar refractivity (Wildman–Crippen MR) is 72.2 cm³/mol. The van der Waals surface area contributed by atoms with Crippen LogP contribution >= 0.6 is 11.3 Å². The number of hydrogen-bond acceptors (Lipinski definition) is 4. The van der Waals surface area contributed by atoms with E-state index in [4.69, 9.17) is 4.74 Å². The highest BCUT2D eigenvalue weighted by molar-refractivity contribution is 7.13. The number of carbonyl (C=O) groups is 1. The standard InChI is InChI=1S/C13H14N2O2S/c1-10-4-3-5-11(8-10)17-9-12(16)15(2)13-14-6-7-18-13/h3-8H,9H2,1-2H3. The number of amides is 1. The number of rotatable bonds is 4. The van der Waals surface area contributed by atoms with E-state index in [1.54, 1.807) is 13.2 Å². The van der Waals surface area contributed by atoms with Crippen LogP contribution in [-0.2, 0) is 4.79 Å². The van der Waals surface area contributed by atoms with Gasteiger partial charge >= 0.3 is 0 Å². The van der Waals surface area contributed by atoms with Gasteiger partial charge in [0.1, 0.15) is 5.75 Å². The maximum absolute atomic E-state index is 11.9. The van der Waals surface area contributed by atoms with Crippen molar-refractivity contribution in [3.8, 4) is 5.75 Å². The van der Waals surface area contributed by atoms with E-state index >= 15 is 0 Å². The zero-order chi connectivity index (χ0) is 13.0. The molecule has 1 aromatic carbocycles. The third-order valence-corrected chi connectivity index (χ3v) is 3.28. The summed E-state index contributed by atoms with van der Waals surface area (Å²) < 4.78 is 5.45. The first-order chi connectivity index (χ1) is 8.66. The summed E-state index contributed by atoms with van der Waals surface area (Å²) >= 11 is 1.42. The van der Waals surface area contributed by atoms with Gasteiger partial charge in [-0.05, 0) is 24.6 Å². The summed E-state index contributed by atoms with van der Waals surface area (Å²) in [7, 11) is 1.70. The van der Waals surface area contributed by atoms with Crippen LogP contribution in [0.15, 0.2) is 35.8 Å². The summed E-state index contributed by atoms with van der Waals surface area (Å²) in [4.78, 5) is 17.4. The molecule has 1 heterocycles. The normalized spacial score (nSPS) is 10.1. The van der Waals surface area contributed by atoms with Gasteiger partial charge in [0.2, 0.25) is 0 Å². The molecule has 0 spiro atoms. The lowest BCUT2D eigenvalue weighted by Gasteiger charge is -2.14. The molecule has 1 aromatic heterocycles. The Morgan fingerprint density at radius 2 is 2.33 bits per heavy atom. The van der Waals surface area contributed by atoms with Crippen molar-refractivity contribution in [2.45, 2.75) is 6.92 Å². The van der Waals surface area contributed by atoms with Crippen molar-refractivity contribution in [3.63, 3.8) is 0 Å². The van der Waals surface area contributed by atoms with Crippen molar-refractivity contribution in [2.24, 2.45) is 0 Å². The number of thiazole rings is 1. The number of aromatic nitrogens is 1. The first-order valence-electron chi connectivity index (χ1n) is 5.52. The van der Waals surface area contributed by atoms with E-state index in [9.17, 15) is 4.79 Å². The summed E-state index contributed by atoms with van der Waals surface area (Å²) in [5.74, 6) is 0.586. The van der Waals surface area contributed by atoms with Gasteiger partial charge < -0.3 is 4.74 Å². The van der Waals surface area contributed by atoms with Crippen molar-refractivity contribution >= 4 is 22.4 Å². The SMILES string of the molecule is Cc1cccc(OCC(=O)N(C)c2nccs2)c1. The van der Waals surface area contributed by atoms with Gasteiger partial charge in [0.15, 0.2) is 11.7 Å². The van der Waals surface area contributed by atoms with Crippen molar-refractivity contribution in [1.29, 1.82) is 0 Å². The maximum Gasteiger partial charge on any atom is 0.266 e. The number of carbonyl (C=O) groups excluding carboxylic acids is 1. The number of benzene rings is 1. The smallest absolute Gasteiger partial charge is 0.266 e. The summed E-state index contributed by atoms with van der Waals surface area (Å²) in [5, 5.41) is 2.51. The molecule has 0 N–H and O–H groups in total. The van der Waals surface area contributed by atoms with E-state index in [0.29, 0.717) is 10.9 Å². The van der Waals surface area contributed by atoms with E-state index in [0.717, 1.165) is 5.56 Å². The Kier molecular flexibility index (Phi) is 3.94. The highest BCUT2D eigenvalue weighted by atomic mass is 32.1. The Labute approximate surface area is 110 Å². The number of ether oxygens (including phenoxy) is 1. The third-order valence-electron chi connectivity index (χ3n) is 2.43. The largest absolute Gasteiger partial charge is 0.484 e. The van der Waals surface area contributed by atoms with E-state index in [1.807, 2.05) is 36.6 Å². The molecule has 0 aliphatic heterocycles. The highest BCUT2D eigenvalue weighted by Crippen LogP contribution is 2.16. The van der Waals surface area contributed by atoms with Crippen molar-refractivity contribution in [2.75, 3.05) is 18.6 Å². The average molecular weight is 262 g/mol. The lowest BCUT2D eigenvalue weighted by molar-refractivity contribution is -0.120. The van der Waals surface area contributed by atoms with Crippen LogP contribution in [0.1, 0.15) is 5.56 Å². The molecule has 0 saturated carbocycles. The lowest BCUT2D eigenvalue weighted by atomic mass is 10.2. The molecule has 0 atom stereocenters. The molecule has 0 unspecified atom stereocenters. The fourth-order valence-electron chi connectivity index (χ4n) is 1.44. The summed E-state index contributed by atoms with van der Waals surface area (Å²) in [6, 6.07) is 7.62. The molecule has 94 valence electrons. The summed E-state index contributed by atoms with van der Waals surface area (Å²) in [6.45, 7) is 2.00. The van der Waals surface area contributed by atoms with E-state index < -0.39 is 0 Å². The van der Waals surface area contributed by atoms with Gasteiger partial charge in [-0.2, -0.15) is 0 Å². The molecule has 2 rings (SSSR count). The minimum atomic E-state index is -0.119. The van der Waals surface area contributed by atoms with Crippen LogP contribution in [0, 0.1) is 6.92 Å². The fourth-order valence-corrected chi connectivity index (χ4v) is 2.06. The van der Waals surface area contributed by atoms with Crippen LogP contribution in [0.3, 0.4) is 0 Å². The maximum atomic E-state index is 11.9. The fraction of sp³-hybridized carbons (Fsp3) is 0.231. The van der Waals surface area contributed by atoms with E-state index in [2.05, 4.69) is 4.98 Å². The Bertz CT molecular complexity index is 526. The van der Waals surface area contributed by atoms with E-state index in [-0.39, 0.29) is 12.5 Å². The number of likely N-dealkylation sites (N-methyl/N-ethyl adjacent to an activating group) is 1. The van der Waals surface area contributed by atoms with Gasteiger partial charge in [-0.25, -0.2) is 4.98 Å². The molecule has 4 nitrogen and oxygen atoms in total. The Morgan fingerprint density at radius 1 is 1.50 bits per heavy atom. The van der Waals surface area contributed by atoms with Crippen LogP contribution in [0.2, 0.25) is 0 Å². The average Bonchev–Trinajstić information content (AvgIpc) is 2.89. The molecule has 2 aromatic rings. The molecule has 0 radical (unpaired) electrons. The Morgan fingerprint density at radius 3 is 3.00 bits per heavy atom. The molecule has 0 fully saturated rings. The van der Waals surface area contributed by atoms with Gasteiger partial charge in [-0.1, -0.05) is 12.1 Å². The molecule has 0 bridgehead atoms. The second kappa shape index (κ2) is 5.64. The van der Waals surface area contributed by atoms with Gasteiger partial charge in [-0.3, -0.25) is 9.69 Å². The second-order valence-electron chi connectivity index (χ2n) is 3.87. The minimum absolute atomic E-state index is 0.0134. The molecule has 0 aliphatic rings. The first-order valence-corrected chi connectivity index (χ1v) is 6.40. The molecule has 0 aliphatic carbocycles. The van der Waals surface area contributed by atoms with Crippen LogP contribution in [0.4, 0.5) is 5.13 Å². The molecule has 1 amide bonds. The molecule has 18 heavy (non-hydrogen) atoms. The number of anilines is 1. The first kappa shape index (κ1) is 12.6. The molecular formula is C13H14N2O2S. The number of aryl methyl sites for hydroxylation is 1. The molecular weight excluding hydrogens is 248 g/mol. The predicted octanol–water partition coefficient (Wildman–Crippen LogP) is 2.49. The summed E-state index contributed by atoms with van der Waals surface area (Å²) in [5.41, 5.74) is 1.10. The summed E-state index contributed by atoms with van der Waals surface area (Å²) in [6.07, 6.45) is 1.67. The third kappa shape index (κ3) is 3.07. The van der Waals surface area contributed by atoms with Crippen molar-refractivity contribution < 1.29 is 9.53 Å². The quantitative estimate of drug-likeness (QED) is 0.850. The Balaban J connectivity index is 1.92. The van der Waals surface area contributed by atoms with Crippen LogP contribution in [0.25, 0.3) is 0 Å². The van der Waals surface area contributed by atoms with Crippen LogP contribution in [0.5, 0.6) is 5.75 Å². The Hall–Kier alpha value is -1.88. The number of hydrogen-bond donors (Lipinski definition) is 0. The van der Waals surface area contributed by atoms with Gasteiger partial charge in [0.05, 0.1) is 0 Å². The second-order valence-corrected chi connectivity index (χ2v) is 4.75. The van der Waals surface area contributed by atoms with Gasteiger partial charge in [0, 0.05) is 18.6 Å². The topological polar surface area (TPSA) is 42.4 Å². The molecule has 5 heteroatoms. The number of nitrogens with zero attached hydrogens (tertiary/aromatic N) is 2.